The molecule has 126 valence electrons. The maximum absolute atomic E-state index is 12.7. The molecule has 1 saturated heterocycles. The van der Waals surface area contributed by atoms with Gasteiger partial charge >= 0.3 is 12.1 Å². The maximum Gasteiger partial charge on any atom is 0.418 e. The SMILES string of the molecule is CC(C)(C)OC(=O)N1C(=O)C(C)(C)C[C@@]1(C(=O)O)C(C)(C)C. The molecule has 22 heavy (non-hydrogen) atoms. The Morgan fingerprint density at radius 1 is 1.14 bits per heavy atom. The molecule has 0 aromatic carbocycles. The first-order valence-corrected chi connectivity index (χ1v) is 7.37. The van der Waals surface area contributed by atoms with Crippen LogP contribution < -0.4 is 0 Å². The second-order valence-electron chi connectivity index (χ2n) is 8.60. The molecule has 1 fully saturated rings. The third kappa shape index (κ3) is 2.83. The predicted molar refractivity (Wildman–Crippen MR) is 81.3 cm³/mol. The second-order valence-corrected chi connectivity index (χ2v) is 8.60. The molecule has 0 radical (unpaired) electrons. The number of carboxylic acids is 1. The zero-order chi connectivity index (χ0) is 17.7. The van der Waals surface area contributed by atoms with Crippen molar-refractivity contribution in [3.63, 3.8) is 0 Å². The van der Waals surface area contributed by atoms with Crippen molar-refractivity contribution in [2.45, 2.75) is 73.0 Å². The number of likely N-dealkylation sites (tertiary alicyclic amines) is 1. The van der Waals surface area contributed by atoms with Crippen molar-refractivity contribution in [1.29, 1.82) is 0 Å². The minimum atomic E-state index is -1.63. The lowest BCUT2D eigenvalue weighted by Crippen LogP contribution is -2.62. The van der Waals surface area contributed by atoms with Crippen LogP contribution in [0.15, 0.2) is 0 Å². The summed E-state index contributed by atoms with van der Waals surface area (Å²) in [6.07, 6.45) is -0.850. The van der Waals surface area contributed by atoms with Crippen molar-refractivity contribution in [3.05, 3.63) is 0 Å². The van der Waals surface area contributed by atoms with Gasteiger partial charge in [0.1, 0.15) is 5.60 Å². The minimum absolute atomic E-state index is 0.0525. The van der Waals surface area contributed by atoms with E-state index in [0.717, 1.165) is 4.90 Å². The summed E-state index contributed by atoms with van der Waals surface area (Å²) < 4.78 is 5.29. The Morgan fingerprint density at radius 2 is 1.59 bits per heavy atom. The molecule has 1 rings (SSSR count). The lowest BCUT2D eigenvalue weighted by molar-refractivity contribution is -0.161. The van der Waals surface area contributed by atoms with Crippen LogP contribution in [0.1, 0.15) is 61.8 Å². The van der Waals surface area contributed by atoms with Crippen LogP contribution in [0.5, 0.6) is 0 Å². The fraction of sp³-hybridized carbons (Fsp3) is 0.812. The molecule has 6 heteroatoms. The number of carboxylic acid groups (broad SMARTS) is 1. The van der Waals surface area contributed by atoms with Crippen molar-refractivity contribution in [2.24, 2.45) is 10.8 Å². The fourth-order valence-corrected chi connectivity index (χ4v) is 2.91. The molecule has 1 aliphatic rings. The molecule has 0 aromatic heterocycles. The van der Waals surface area contributed by atoms with E-state index in [1.165, 1.54) is 0 Å². The number of ether oxygens (including phenoxy) is 1. The summed E-state index contributed by atoms with van der Waals surface area (Å²) in [4.78, 5) is 38.1. The zero-order valence-electron chi connectivity index (χ0n) is 14.7. The fourth-order valence-electron chi connectivity index (χ4n) is 2.91. The molecule has 0 aliphatic carbocycles. The predicted octanol–water partition coefficient (Wildman–Crippen LogP) is 3.05. The molecule has 1 atom stereocenters. The summed E-state index contributed by atoms with van der Waals surface area (Å²) in [5, 5.41) is 9.87. The average Bonchev–Trinajstić information content (AvgIpc) is 2.44. The number of hydrogen-bond acceptors (Lipinski definition) is 4. The van der Waals surface area contributed by atoms with Crippen LogP contribution in [0.3, 0.4) is 0 Å². The number of carbonyl (C=O) groups excluding carboxylic acids is 2. The van der Waals surface area contributed by atoms with Crippen molar-refractivity contribution < 1.29 is 24.2 Å². The number of aliphatic carboxylic acids is 1. The summed E-state index contributed by atoms with van der Waals surface area (Å²) in [6, 6.07) is 0. The van der Waals surface area contributed by atoms with Crippen LogP contribution in [0, 0.1) is 10.8 Å². The van der Waals surface area contributed by atoms with Gasteiger partial charge < -0.3 is 9.84 Å². The number of carbonyl (C=O) groups is 3. The molecule has 0 spiro atoms. The molecule has 1 heterocycles. The van der Waals surface area contributed by atoms with E-state index in [1.54, 1.807) is 55.4 Å². The Labute approximate surface area is 131 Å². The number of amides is 2. The lowest BCUT2D eigenvalue weighted by Gasteiger charge is -2.43. The first kappa shape index (κ1) is 18.5. The van der Waals surface area contributed by atoms with Crippen molar-refractivity contribution in [2.75, 3.05) is 0 Å². The standard InChI is InChI=1S/C16H27NO5/c1-13(2,3)16(11(19)20)9-15(7,8)10(18)17(16)12(21)22-14(4,5)6/h9H2,1-8H3,(H,19,20)/t16-/m1/s1. The normalized spacial score (nSPS) is 25.3. The van der Waals surface area contributed by atoms with Crippen LogP contribution in [0.2, 0.25) is 0 Å². The van der Waals surface area contributed by atoms with Gasteiger partial charge in [0.05, 0.1) is 0 Å². The van der Waals surface area contributed by atoms with Crippen LogP contribution in [0.25, 0.3) is 0 Å². The summed E-state index contributed by atoms with van der Waals surface area (Å²) in [6.45, 7) is 13.5. The van der Waals surface area contributed by atoms with Crippen LogP contribution in [-0.4, -0.2) is 39.1 Å². The average molecular weight is 313 g/mol. The Bertz CT molecular complexity index is 510. The summed E-state index contributed by atoms with van der Waals surface area (Å²) >= 11 is 0. The highest BCUT2D eigenvalue weighted by Gasteiger charge is 2.67. The van der Waals surface area contributed by atoms with Gasteiger partial charge in [0, 0.05) is 5.41 Å². The van der Waals surface area contributed by atoms with E-state index in [0.29, 0.717) is 0 Å². The molecule has 1 N–H and O–H groups in total. The van der Waals surface area contributed by atoms with Crippen LogP contribution in [-0.2, 0) is 14.3 Å². The summed E-state index contributed by atoms with van der Waals surface area (Å²) in [7, 11) is 0. The van der Waals surface area contributed by atoms with Crippen LogP contribution >= 0.6 is 0 Å². The zero-order valence-corrected chi connectivity index (χ0v) is 14.7. The third-order valence-corrected chi connectivity index (χ3v) is 4.03. The summed E-state index contributed by atoms with van der Waals surface area (Å²) in [5.74, 6) is -1.70. The minimum Gasteiger partial charge on any atom is -0.479 e. The van der Waals surface area contributed by atoms with Gasteiger partial charge in [0.2, 0.25) is 5.91 Å². The first-order valence-electron chi connectivity index (χ1n) is 7.37. The first-order chi connectivity index (χ1) is 9.56. The highest BCUT2D eigenvalue weighted by Crippen LogP contribution is 2.51. The molecular weight excluding hydrogens is 286 g/mol. The number of rotatable bonds is 1. The Kier molecular flexibility index (Phi) is 4.16. The molecule has 0 unspecified atom stereocenters. The smallest absolute Gasteiger partial charge is 0.418 e. The topological polar surface area (TPSA) is 83.9 Å². The van der Waals surface area contributed by atoms with Gasteiger partial charge in [-0.2, -0.15) is 0 Å². The molecule has 2 amide bonds. The number of imide groups is 1. The summed E-state index contributed by atoms with van der Waals surface area (Å²) in [5.41, 5.74) is -4.22. The van der Waals surface area contributed by atoms with Gasteiger partial charge in [-0.05, 0) is 32.6 Å². The van der Waals surface area contributed by atoms with Crippen molar-refractivity contribution in [1.82, 2.24) is 4.90 Å². The van der Waals surface area contributed by atoms with Gasteiger partial charge in [-0.25, -0.2) is 14.5 Å². The van der Waals surface area contributed by atoms with E-state index >= 15 is 0 Å². The van der Waals surface area contributed by atoms with E-state index in [-0.39, 0.29) is 6.42 Å². The highest BCUT2D eigenvalue weighted by molar-refractivity contribution is 6.04. The van der Waals surface area contributed by atoms with E-state index in [9.17, 15) is 19.5 Å². The van der Waals surface area contributed by atoms with Gasteiger partial charge in [0.15, 0.2) is 5.54 Å². The van der Waals surface area contributed by atoms with Crippen LogP contribution in [0.4, 0.5) is 4.79 Å². The molecule has 0 bridgehead atoms. The Morgan fingerprint density at radius 3 is 1.91 bits per heavy atom. The van der Waals surface area contributed by atoms with E-state index in [4.69, 9.17) is 4.74 Å². The van der Waals surface area contributed by atoms with Gasteiger partial charge in [0.25, 0.3) is 0 Å². The van der Waals surface area contributed by atoms with E-state index in [1.807, 2.05) is 0 Å². The molecule has 1 aliphatic heterocycles. The lowest BCUT2D eigenvalue weighted by atomic mass is 9.68. The molecule has 0 aromatic rings. The monoisotopic (exact) mass is 313 g/mol. The highest BCUT2D eigenvalue weighted by atomic mass is 16.6. The number of hydrogen-bond donors (Lipinski definition) is 1. The van der Waals surface area contributed by atoms with Gasteiger partial charge in [-0.15, -0.1) is 0 Å². The Hall–Kier alpha value is -1.59. The Balaban J connectivity index is 3.50. The molecular formula is C16H27NO5. The largest absolute Gasteiger partial charge is 0.479 e. The second kappa shape index (κ2) is 4.96. The van der Waals surface area contributed by atoms with E-state index < -0.39 is 39.9 Å². The van der Waals surface area contributed by atoms with Crippen molar-refractivity contribution >= 4 is 18.0 Å². The molecule has 0 saturated carbocycles. The molecule has 6 nitrogen and oxygen atoms in total. The third-order valence-electron chi connectivity index (χ3n) is 4.03. The van der Waals surface area contributed by atoms with Gasteiger partial charge in [-0.1, -0.05) is 34.6 Å². The number of nitrogens with zero attached hydrogens (tertiary/aromatic N) is 1. The van der Waals surface area contributed by atoms with Gasteiger partial charge in [-0.3, -0.25) is 4.79 Å². The van der Waals surface area contributed by atoms with E-state index in [2.05, 4.69) is 0 Å². The van der Waals surface area contributed by atoms with Crippen molar-refractivity contribution in [3.8, 4) is 0 Å². The maximum atomic E-state index is 12.7. The quantitative estimate of drug-likeness (QED) is 0.804.